The summed E-state index contributed by atoms with van der Waals surface area (Å²) in [5.74, 6) is -0.838. The molecule has 0 unspecified atom stereocenters. The number of carbonyl (C=O) groups is 2. The molecule has 0 spiro atoms. The van der Waals surface area contributed by atoms with E-state index in [4.69, 9.17) is 9.15 Å². The third-order valence-corrected chi connectivity index (χ3v) is 4.14. The molecule has 134 valence electrons. The lowest BCUT2D eigenvalue weighted by Crippen LogP contribution is -2.30. The predicted molar refractivity (Wildman–Crippen MR) is 100 cm³/mol. The third-order valence-electron chi connectivity index (χ3n) is 4.14. The van der Waals surface area contributed by atoms with Gasteiger partial charge in [-0.25, -0.2) is 0 Å². The Morgan fingerprint density at radius 1 is 1.08 bits per heavy atom. The van der Waals surface area contributed by atoms with Crippen LogP contribution >= 0.6 is 0 Å². The first-order valence-electron chi connectivity index (χ1n) is 8.46. The van der Waals surface area contributed by atoms with Gasteiger partial charge in [0.1, 0.15) is 5.58 Å². The van der Waals surface area contributed by atoms with Gasteiger partial charge in [-0.1, -0.05) is 29.8 Å². The molecule has 1 N–H and O–H groups in total. The lowest BCUT2D eigenvalue weighted by molar-refractivity contribution is -0.152. The first kappa shape index (κ1) is 17.7. The van der Waals surface area contributed by atoms with Crippen molar-refractivity contribution in [3.05, 3.63) is 65.4 Å². The van der Waals surface area contributed by atoms with Crippen LogP contribution in [0.1, 0.15) is 23.6 Å². The quantitative estimate of drug-likeness (QED) is 0.701. The zero-order valence-electron chi connectivity index (χ0n) is 15.0. The van der Waals surface area contributed by atoms with E-state index >= 15 is 0 Å². The van der Waals surface area contributed by atoms with Crippen molar-refractivity contribution < 1.29 is 18.7 Å². The number of fused-ring (bicyclic) bond motifs is 1. The summed E-state index contributed by atoms with van der Waals surface area (Å²) in [7, 11) is 0. The first-order chi connectivity index (χ1) is 12.4. The zero-order valence-corrected chi connectivity index (χ0v) is 15.0. The van der Waals surface area contributed by atoms with Crippen LogP contribution in [0.3, 0.4) is 0 Å². The summed E-state index contributed by atoms with van der Waals surface area (Å²) >= 11 is 0. The maximum atomic E-state index is 12.2. The molecule has 3 aromatic rings. The average molecular weight is 351 g/mol. The standard InChI is InChI=1S/C21H21NO4/c1-13-4-7-17(8-5-13)22-21(24)15(3)26-20(23)11-16-12-25-19-10-14(2)6-9-18(16)19/h4-10,12,15H,11H2,1-3H3,(H,22,24)/t15-/m1/s1. The number of carbonyl (C=O) groups excluding carboxylic acids is 2. The molecule has 1 heterocycles. The first-order valence-corrected chi connectivity index (χ1v) is 8.46. The number of benzene rings is 2. The summed E-state index contributed by atoms with van der Waals surface area (Å²) in [6.07, 6.45) is 0.727. The van der Waals surface area contributed by atoms with Crippen LogP contribution in [0.25, 0.3) is 11.0 Å². The molecular formula is C21H21NO4. The zero-order chi connectivity index (χ0) is 18.7. The number of hydrogen-bond donors (Lipinski definition) is 1. The van der Waals surface area contributed by atoms with Gasteiger partial charge in [-0.05, 0) is 44.5 Å². The van der Waals surface area contributed by atoms with Gasteiger partial charge in [-0.3, -0.25) is 9.59 Å². The van der Waals surface area contributed by atoms with E-state index in [1.807, 2.05) is 44.2 Å². The van der Waals surface area contributed by atoms with E-state index in [1.54, 1.807) is 25.3 Å². The van der Waals surface area contributed by atoms with E-state index < -0.39 is 12.1 Å². The fraction of sp³-hybridized carbons (Fsp3) is 0.238. The summed E-state index contributed by atoms with van der Waals surface area (Å²) in [5.41, 5.74) is 4.33. The molecule has 0 aliphatic rings. The van der Waals surface area contributed by atoms with Gasteiger partial charge in [-0.2, -0.15) is 0 Å². The molecule has 1 aromatic heterocycles. The van der Waals surface area contributed by atoms with Crippen LogP contribution in [0.5, 0.6) is 0 Å². The normalized spacial score (nSPS) is 12.0. The lowest BCUT2D eigenvalue weighted by Gasteiger charge is -2.13. The van der Waals surface area contributed by atoms with E-state index in [9.17, 15) is 9.59 Å². The molecule has 0 saturated carbocycles. The second-order valence-electron chi connectivity index (χ2n) is 6.42. The molecule has 3 rings (SSSR count). The number of rotatable bonds is 5. The van der Waals surface area contributed by atoms with E-state index in [2.05, 4.69) is 5.32 Å². The van der Waals surface area contributed by atoms with Crippen molar-refractivity contribution in [2.24, 2.45) is 0 Å². The average Bonchev–Trinajstić information content (AvgIpc) is 2.98. The monoisotopic (exact) mass is 351 g/mol. The van der Waals surface area contributed by atoms with Gasteiger partial charge >= 0.3 is 5.97 Å². The van der Waals surface area contributed by atoms with Crippen LogP contribution in [0.15, 0.2) is 53.1 Å². The Bertz CT molecular complexity index is 940. The maximum Gasteiger partial charge on any atom is 0.311 e. The number of ether oxygens (including phenoxy) is 1. The minimum atomic E-state index is -0.885. The van der Waals surface area contributed by atoms with Crippen LogP contribution in [-0.2, 0) is 20.7 Å². The number of amides is 1. The Morgan fingerprint density at radius 2 is 1.77 bits per heavy atom. The van der Waals surface area contributed by atoms with Crippen molar-refractivity contribution in [3.63, 3.8) is 0 Å². The van der Waals surface area contributed by atoms with E-state index in [1.165, 1.54) is 0 Å². The number of furan rings is 1. The molecule has 1 amide bonds. The molecule has 0 bridgehead atoms. The lowest BCUT2D eigenvalue weighted by atomic mass is 10.1. The fourth-order valence-corrected chi connectivity index (χ4v) is 2.66. The third kappa shape index (κ3) is 4.11. The van der Waals surface area contributed by atoms with Gasteiger partial charge in [0.25, 0.3) is 5.91 Å². The van der Waals surface area contributed by atoms with Gasteiger partial charge in [0.2, 0.25) is 0 Å². The molecule has 1 atom stereocenters. The van der Waals surface area contributed by atoms with E-state index in [-0.39, 0.29) is 12.3 Å². The SMILES string of the molecule is Cc1ccc(NC(=O)[C@@H](C)OC(=O)Cc2coc3cc(C)ccc23)cc1. The van der Waals surface area contributed by atoms with Crippen LogP contribution in [0.4, 0.5) is 5.69 Å². The summed E-state index contributed by atoms with van der Waals surface area (Å²) in [5, 5.41) is 3.61. The van der Waals surface area contributed by atoms with Crippen LogP contribution in [0.2, 0.25) is 0 Å². The smallest absolute Gasteiger partial charge is 0.311 e. The highest BCUT2D eigenvalue weighted by molar-refractivity contribution is 5.95. The minimum absolute atomic E-state index is 0.0538. The molecule has 0 radical (unpaired) electrons. The molecule has 0 fully saturated rings. The van der Waals surface area contributed by atoms with Gasteiger partial charge in [0, 0.05) is 16.6 Å². The highest BCUT2D eigenvalue weighted by Gasteiger charge is 2.19. The van der Waals surface area contributed by atoms with Crippen LogP contribution in [0, 0.1) is 13.8 Å². The number of hydrogen-bond acceptors (Lipinski definition) is 4. The van der Waals surface area contributed by atoms with Gasteiger partial charge < -0.3 is 14.5 Å². The van der Waals surface area contributed by atoms with Crippen molar-refractivity contribution in [2.45, 2.75) is 33.3 Å². The molecule has 2 aromatic carbocycles. The summed E-state index contributed by atoms with van der Waals surface area (Å²) in [6, 6.07) is 13.2. The Morgan fingerprint density at radius 3 is 2.50 bits per heavy atom. The topological polar surface area (TPSA) is 68.5 Å². The van der Waals surface area contributed by atoms with Crippen molar-refractivity contribution in [1.29, 1.82) is 0 Å². The van der Waals surface area contributed by atoms with Crippen LogP contribution < -0.4 is 5.32 Å². The van der Waals surface area contributed by atoms with Crippen molar-refractivity contribution in [2.75, 3.05) is 5.32 Å². The molecule has 5 heteroatoms. The van der Waals surface area contributed by atoms with E-state index in [0.29, 0.717) is 5.69 Å². The second kappa shape index (κ2) is 7.44. The molecule has 0 aliphatic carbocycles. The van der Waals surface area contributed by atoms with Crippen LogP contribution in [-0.4, -0.2) is 18.0 Å². The largest absolute Gasteiger partial charge is 0.464 e. The number of anilines is 1. The van der Waals surface area contributed by atoms with Gasteiger partial charge in [0.05, 0.1) is 12.7 Å². The highest BCUT2D eigenvalue weighted by atomic mass is 16.5. The number of aryl methyl sites for hydroxylation is 2. The van der Waals surface area contributed by atoms with Crippen molar-refractivity contribution in [1.82, 2.24) is 0 Å². The Labute approximate surface area is 152 Å². The van der Waals surface area contributed by atoms with Crippen molar-refractivity contribution in [3.8, 4) is 0 Å². The molecule has 0 saturated heterocycles. The Balaban J connectivity index is 1.59. The Hall–Kier alpha value is -3.08. The minimum Gasteiger partial charge on any atom is -0.464 e. The summed E-state index contributed by atoms with van der Waals surface area (Å²) in [6.45, 7) is 5.50. The second-order valence-corrected chi connectivity index (χ2v) is 6.42. The maximum absolute atomic E-state index is 12.2. The molecular weight excluding hydrogens is 330 g/mol. The van der Waals surface area contributed by atoms with E-state index in [0.717, 1.165) is 27.7 Å². The van der Waals surface area contributed by atoms with Gasteiger partial charge in [0.15, 0.2) is 6.10 Å². The predicted octanol–water partition coefficient (Wildman–Crippen LogP) is 4.16. The number of nitrogens with one attached hydrogen (secondary N) is 1. The number of esters is 1. The summed E-state index contributed by atoms with van der Waals surface area (Å²) < 4.78 is 10.7. The summed E-state index contributed by atoms with van der Waals surface area (Å²) in [4.78, 5) is 24.4. The van der Waals surface area contributed by atoms with Crippen molar-refractivity contribution >= 4 is 28.5 Å². The molecule has 5 nitrogen and oxygen atoms in total. The highest BCUT2D eigenvalue weighted by Crippen LogP contribution is 2.23. The molecule has 26 heavy (non-hydrogen) atoms. The van der Waals surface area contributed by atoms with Gasteiger partial charge in [-0.15, -0.1) is 0 Å². The fourth-order valence-electron chi connectivity index (χ4n) is 2.66. The molecule has 0 aliphatic heterocycles. The Kier molecular flexibility index (Phi) is 5.07.